The van der Waals surface area contributed by atoms with E-state index in [4.69, 9.17) is 11.6 Å². The standard InChI is InChI=1S/C20H25ClN2O3S/c1-3-4-8-13-22-20(24)18-14-17(11-12-19(18)21)27(25,26)23(2)15-16-9-6-5-7-10-16/h5-7,9-12,14H,3-4,8,13,15H2,1-2H3,(H,22,24). The summed E-state index contributed by atoms with van der Waals surface area (Å²) in [6.45, 7) is 2.86. The topological polar surface area (TPSA) is 66.5 Å². The van der Waals surface area contributed by atoms with E-state index in [1.54, 1.807) is 0 Å². The van der Waals surface area contributed by atoms with Gasteiger partial charge in [0.05, 0.1) is 15.5 Å². The summed E-state index contributed by atoms with van der Waals surface area (Å²) in [5.74, 6) is -0.362. The van der Waals surface area contributed by atoms with Crippen molar-refractivity contribution in [3.63, 3.8) is 0 Å². The molecule has 0 aromatic heterocycles. The van der Waals surface area contributed by atoms with E-state index in [1.165, 1.54) is 29.6 Å². The van der Waals surface area contributed by atoms with E-state index >= 15 is 0 Å². The summed E-state index contributed by atoms with van der Waals surface area (Å²) >= 11 is 6.12. The Labute approximate surface area is 166 Å². The smallest absolute Gasteiger partial charge is 0.252 e. The summed E-state index contributed by atoms with van der Waals surface area (Å²) in [5.41, 5.74) is 1.05. The first-order valence-electron chi connectivity index (χ1n) is 8.94. The van der Waals surface area contributed by atoms with Crippen LogP contribution in [0.5, 0.6) is 0 Å². The van der Waals surface area contributed by atoms with Gasteiger partial charge in [0.1, 0.15) is 0 Å². The highest BCUT2D eigenvalue weighted by Gasteiger charge is 2.23. The minimum Gasteiger partial charge on any atom is -0.352 e. The van der Waals surface area contributed by atoms with Crippen molar-refractivity contribution < 1.29 is 13.2 Å². The number of rotatable bonds is 9. The highest BCUT2D eigenvalue weighted by Crippen LogP contribution is 2.23. The molecule has 146 valence electrons. The average molecular weight is 409 g/mol. The molecule has 0 fully saturated rings. The quantitative estimate of drug-likeness (QED) is 0.635. The summed E-state index contributed by atoms with van der Waals surface area (Å²) < 4.78 is 27.0. The lowest BCUT2D eigenvalue weighted by Gasteiger charge is -2.18. The zero-order valence-electron chi connectivity index (χ0n) is 15.6. The van der Waals surface area contributed by atoms with Gasteiger partial charge in [0.15, 0.2) is 0 Å². The van der Waals surface area contributed by atoms with E-state index in [0.717, 1.165) is 24.8 Å². The molecular weight excluding hydrogens is 384 g/mol. The van der Waals surface area contributed by atoms with Gasteiger partial charge < -0.3 is 5.32 Å². The number of unbranched alkanes of at least 4 members (excludes halogenated alkanes) is 2. The van der Waals surface area contributed by atoms with Gasteiger partial charge in [-0.1, -0.05) is 61.7 Å². The number of hydrogen-bond acceptors (Lipinski definition) is 3. The summed E-state index contributed by atoms with van der Waals surface area (Å²) in [6.07, 6.45) is 2.95. The first-order chi connectivity index (χ1) is 12.9. The van der Waals surface area contributed by atoms with E-state index in [-0.39, 0.29) is 27.9 Å². The van der Waals surface area contributed by atoms with E-state index in [9.17, 15) is 13.2 Å². The van der Waals surface area contributed by atoms with Crippen molar-refractivity contribution in [1.29, 1.82) is 0 Å². The van der Waals surface area contributed by atoms with Crippen molar-refractivity contribution in [3.05, 3.63) is 64.7 Å². The summed E-state index contributed by atoms with van der Waals surface area (Å²) in [7, 11) is -2.23. The van der Waals surface area contributed by atoms with Gasteiger partial charge in [-0.2, -0.15) is 4.31 Å². The molecule has 1 N–H and O–H groups in total. The lowest BCUT2D eigenvalue weighted by atomic mass is 10.2. The number of halogens is 1. The molecule has 2 aromatic rings. The van der Waals surface area contributed by atoms with Crippen LogP contribution in [0.4, 0.5) is 0 Å². The Morgan fingerprint density at radius 1 is 1.11 bits per heavy atom. The van der Waals surface area contributed by atoms with Crippen LogP contribution in [0.25, 0.3) is 0 Å². The van der Waals surface area contributed by atoms with Crippen LogP contribution in [-0.4, -0.2) is 32.2 Å². The second kappa shape index (κ2) is 9.88. The number of nitrogens with one attached hydrogen (secondary N) is 1. The average Bonchev–Trinajstić information content (AvgIpc) is 2.66. The van der Waals surface area contributed by atoms with Crippen LogP contribution in [0.2, 0.25) is 5.02 Å². The lowest BCUT2D eigenvalue weighted by Crippen LogP contribution is -2.28. The summed E-state index contributed by atoms with van der Waals surface area (Å²) in [6, 6.07) is 13.5. The molecule has 5 nitrogen and oxygen atoms in total. The Hall–Kier alpha value is -1.89. The van der Waals surface area contributed by atoms with Gasteiger partial charge >= 0.3 is 0 Å². The summed E-state index contributed by atoms with van der Waals surface area (Å²) in [4.78, 5) is 12.4. The van der Waals surface area contributed by atoms with Gasteiger partial charge in [0.2, 0.25) is 10.0 Å². The Balaban J connectivity index is 2.18. The number of nitrogens with zero attached hydrogens (tertiary/aromatic N) is 1. The molecule has 1 amide bonds. The molecule has 0 atom stereocenters. The Morgan fingerprint density at radius 3 is 2.48 bits per heavy atom. The second-order valence-corrected chi connectivity index (χ2v) is 8.80. The van der Waals surface area contributed by atoms with Gasteiger partial charge in [0, 0.05) is 20.1 Å². The third-order valence-corrected chi connectivity index (χ3v) is 6.33. The molecule has 2 rings (SSSR count). The number of amides is 1. The summed E-state index contributed by atoms with van der Waals surface area (Å²) in [5, 5.41) is 3.02. The van der Waals surface area contributed by atoms with Crippen molar-refractivity contribution in [1.82, 2.24) is 9.62 Å². The van der Waals surface area contributed by atoms with Gasteiger partial charge in [-0.25, -0.2) is 8.42 Å². The van der Waals surface area contributed by atoms with Gasteiger partial charge in [0.25, 0.3) is 5.91 Å². The maximum Gasteiger partial charge on any atom is 0.252 e. The Bertz CT molecular complexity index is 870. The van der Waals surface area contributed by atoms with E-state index in [1.807, 2.05) is 30.3 Å². The van der Waals surface area contributed by atoms with Gasteiger partial charge in [-0.3, -0.25) is 4.79 Å². The predicted octanol–water partition coefficient (Wildman–Crippen LogP) is 4.08. The largest absolute Gasteiger partial charge is 0.352 e. The fraction of sp³-hybridized carbons (Fsp3) is 0.350. The van der Waals surface area contributed by atoms with Crippen LogP contribution in [0.15, 0.2) is 53.4 Å². The van der Waals surface area contributed by atoms with E-state index in [2.05, 4.69) is 12.2 Å². The molecule has 0 radical (unpaired) electrons. The maximum absolute atomic E-state index is 12.9. The fourth-order valence-electron chi connectivity index (χ4n) is 2.62. The Morgan fingerprint density at radius 2 is 1.81 bits per heavy atom. The number of carbonyl (C=O) groups excluding carboxylic acids is 1. The fourth-order valence-corrected chi connectivity index (χ4v) is 4.01. The van der Waals surface area contributed by atoms with Crippen LogP contribution < -0.4 is 5.32 Å². The van der Waals surface area contributed by atoms with Gasteiger partial charge in [-0.05, 0) is 30.2 Å². The molecule has 2 aromatic carbocycles. The number of carbonyl (C=O) groups is 1. The van der Waals surface area contributed by atoms with Gasteiger partial charge in [-0.15, -0.1) is 0 Å². The van der Waals surface area contributed by atoms with Crippen molar-refractivity contribution in [2.75, 3.05) is 13.6 Å². The lowest BCUT2D eigenvalue weighted by molar-refractivity contribution is 0.0953. The van der Waals surface area contributed by atoms with Crippen molar-refractivity contribution in [2.45, 2.75) is 37.6 Å². The Kier molecular flexibility index (Phi) is 7.83. The minimum absolute atomic E-state index is 0.0454. The molecule has 0 saturated carbocycles. The molecule has 0 unspecified atom stereocenters. The van der Waals surface area contributed by atoms with E-state index in [0.29, 0.717) is 6.54 Å². The third kappa shape index (κ3) is 5.79. The van der Waals surface area contributed by atoms with Crippen molar-refractivity contribution >= 4 is 27.5 Å². The molecule has 0 spiro atoms. The first kappa shape index (κ1) is 21.4. The molecular formula is C20H25ClN2O3S. The van der Waals surface area contributed by atoms with Crippen molar-refractivity contribution in [2.24, 2.45) is 0 Å². The minimum atomic E-state index is -3.74. The zero-order valence-corrected chi connectivity index (χ0v) is 17.2. The highest BCUT2D eigenvalue weighted by atomic mass is 35.5. The third-order valence-electron chi connectivity index (χ3n) is 4.20. The predicted molar refractivity (Wildman–Crippen MR) is 108 cm³/mol. The molecule has 0 aliphatic carbocycles. The molecule has 0 aliphatic heterocycles. The normalized spacial score (nSPS) is 11.6. The van der Waals surface area contributed by atoms with Crippen LogP contribution in [0.3, 0.4) is 0 Å². The second-order valence-electron chi connectivity index (χ2n) is 6.35. The molecule has 27 heavy (non-hydrogen) atoms. The molecule has 0 bridgehead atoms. The van der Waals surface area contributed by atoms with Crippen LogP contribution in [0, 0.1) is 0 Å². The van der Waals surface area contributed by atoms with Crippen molar-refractivity contribution in [3.8, 4) is 0 Å². The maximum atomic E-state index is 12.9. The molecule has 0 aliphatic rings. The highest BCUT2D eigenvalue weighted by molar-refractivity contribution is 7.89. The first-order valence-corrected chi connectivity index (χ1v) is 10.8. The SMILES string of the molecule is CCCCCNC(=O)c1cc(S(=O)(=O)N(C)Cc2ccccc2)ccc1Cl. The molecule has 0 saturated heterocycles. The molecule has 0 heterocycles. The van der Waals surface area contributed by atoms with Crippen LogP contribution in [0.1, 0.15) is 42.1 Å². The van der Waals surface area contributed by atoms with E-state index < -0.39 is 10.0 Å². The monoisotopic (exact) mass is 408 g/mol. The van der Waals surface area contributed by atoms with Crippen LogP contribution >= 0.6 is 11.6 Å². The van der Waals surface area contributed by atoms with Crippen LogP contribution in [-0.2, 0) is 16.6 Å². The zero-order chi connectivity index (χ0) is 19.9. The number of sulfonamides is 1. The molecule has 7 heteroatoms. The number of hydrogen-bond donors (Lipinski definition) is 1. The number of benzene rings is 2.